The Hall–Kier alpha value is -1.17. The lowest BCUT2D eigenvalue weighted by Crippen LogP contribution is -2.35. The van der Waals surface area contributed by atoms with Crippen molar-refractivity contribution >= 4 is 23.2 Å². The topological polar surface area (TPSA) is 77.2 Å². The second kappa shape index (κ2) is 7.21. The van der Waals surface area contributed by atoms with Crippen LogP contribution in [0.15, 0.2) is 18.3 Å². The number of carbonyl (C=O) groups is 1. The highest BCUT2D eigenvalue weighted by atomic mass is 35.5. The summed E-state index contributed by atoms with van der Waals surface area (Å²) >= 11 is 5.63. The van der Waals surface area contributed by atoms with E-state index in [2.05, 4.69) is 10.3 Å². The van der Waals surface area contributed by atoms with Gasteiger partial charge in [-0.25, -0.2) is 4.98 Å². The van der Waals surface area contributed by atoms with Crippen LogP contribution in [0.2, 0.25) is 5.15 Å². The Labute approximate surface area is 105 Å². The monoisotopic (exact) mass is 257 g/mol. The lowest BCUT2D eigenvalue weighted by molar-refractivity contribution is -0.117. The molecule has 6 heteroatoms. The number of nitrogens with one attached hydrogen (secondary N) is 1. The first-order valence-corrected chi connectivity index (χ1v) is 5.68. The van der Waals surface area contributed by atoms with Gasteiger partial charge in [0.2, 0.25) is 5.91 Å². The molecule has 1 aromatic rings. The van der Waals surface area contributed by atoms with Crippen molar-refractivity contribution in [1.82, 2.24) is 4.98 Å². The molecular weight excluding hydrogens is 242 g/mol. The van der Waals surface area contributed by atoms with Crippen LogP contribution in [-0.2, 0) is 9.53 Å². The van der Waals surface area contributed by atoms with Gasteiger partial charge >= 0.3 is 0 Å². The van der Waals surface area contributed by atoms with E-state index in [1.807, 2.05) is 0 Å². The quantitative estimate of drug-likeness (QED) is 0.597. The van der Waals surface area contributed by atoms with Gasteiger partial charge in [0.25, 0.3) is 0 Å². The van der Waals surface area contributed by atoms with Crippen molar-refractivity contribution < 1.29 is 9.53 Å². The summed E-state index contributed by atoms with van der Waals surface area (Å²) in [5, 5.41) is 3.05. The van der Waals surface area contributed by atoms with E-state index in [1.54, 1.807) is 19.2 Å². The molecule has 0 aliphatic carbocycles. The third-order valence-electron chi connectivity index (χ3n) is 2.20. The van der Waals surface area contributed by atoms with E-state index in [9.17, 15) is 4.79 Å². The number of methoxy groups -OCH3 is 1. The summed E-state index contributed by atoms with van der Waals surface area (Å²) in [6, 6.07) is 2.74. The Morgan fingerprint density at radius 2 is 2.41 bits per heavy atom. The fourth-order valence-corrected chi connectivity index (χ4v) is 1.38. The Morgan fingerprint density at radius 1 is 1.65 bits per heavy atom. The highest BCUT2D eigenvalue weighted by Crippen LogP contribution is 2.10. The van der Waals surface area contributed by atoms with Crippen molar-refractivity contribution in [2.75, 3.05) is 19.0 Å². The number of ether oxygens (including phenoxy) is 1. The zero-order valence-electron chi connectivity index (χ0n) is 9.65. The largest absolute Gasteiger partial charge is 0.385 e. The second-order valence-electron chi connectivity index (χ2n) is 3.60. The first-order chi connectivity index (χ1) is 8.13. The Bertz CT molecular complexity index is 356. The van der Waals surface area contributed by atoms with E-state index >= 15 is 0 Å². The van der Waals surface area contributed by atoms with Crippen molar-refractivity contribution in [3.8, 4) is 0 Å². The molecule has 0 saturated heterocycles. The number of amides is 1. The molecule has 3 N–H and O–H groups in total. The van der Waals surface area contributed by atoms with Crippen molar-refractivity contribution in [3.05, 3.63) is 23.5 Å². The van der Waals surface area contributed by atoms with Gasteiger partial charge in [-0.2, -0.15) is 0 Å². The predicted molar refractivity (Wildman–Crippen MR) is 67.0 cm³/mol. The minimum Gasteiger partial charge on any atom is -0.385 e. The molecule has 94 valence electrons. The fourth-order valence-electron chi connectivity index (χ4n) is 1.26. The molecule has 1 aromatic heterocycles. The van der Waals surface area contributed by atoms with Gasteiger partial charge in [0.1, 0.15) is 5.15 Å². The number of nitrogens with two attached hydrogens (primary N) is 1. The smallest absolute Gasteiger partial charge is 0.241 e. The summed E-state index contributed by atoms with van der Waals surface area (Å²) < 4.78 is 4.89. The lowest BCUT2D eigenvalue weighted by atomic mass is 10.1. The van der Waals surface area contributed by atoms with Crippen LogP contribution in [0.1, 0.15) is 12.8 Å². The van der Waals surface area contributed by atoms with E-state index in [0.717, 1.165) is 6.42 Å². The summed E-state index contributed by atoms with van der Waals surface area (Å²) in [7, 11) is 1.62. The van der Waals surface area contributed by atoms with Crippen molar-refractivity contribution in [3.63, 3.8) is 0 Å². The standard InChI is InChI=1S/C11H16ClN3O2/c1-17-6-2-3-9(13)11(16)15-8-4-5-10(12)14-7-8/h4-5,7,9H,2-3,6,13H2,1H3,(H,15,16). The van der Waals surface area contributed by atoms with E-state index in [-0.39, 0.29) is 5.91 Å². The number of aromatic nitrogens is 1. The maximum atomic E-state index is 11.7. The van der Waals surface area contributed by atoms with Crippen LogP contribution >= 0.6 is 11.6 Å². The third kappa shape index (κ3) is 5.12. The number of nitrogens with zero attached hydrogens (tertiary/aromatic N) is 1. The van der Waals surface area contributed by atoms with Gasteiger partial charge in [0, 0.05) is 13.7 Å². The molecule has 1 heterocycles. The summed E-state index contributed by atoms with van der Waals surface area (Å²) in [5.74, 6) is -0.231. The second-order valence-corrected chi connectivity index (χ2v) is 3.99. The Morgan fingerprint density at radius 3 is 3.00 bits per heavy atom. The Balaban J connectivity index is 2.40. The number of carbonyl (C=O) groups excluding carboxylic acids is 1. The highest BCUT2D eigenvalue weighted by Gasteiger charge is 2.13. The lowest BCUT2D eigenvalue weighted by Gasteiger charge is -2.11. The highest BCUT2D eigenvalue weighted by molar-refractivity contribution is 6.29. The van der Waals surface area contributed by atoms with Crippen LogP contribution in [0.25, 0.3) is 0 Å². The maximum Gasteiger partial charge on any atom is 0.241 e. The average Bonchev–Trinajstić information content (AvgIpc) is 2.32. The molecule has 0 aliphatic rings. The fraction of sp³-hybridized carbons (Fsp3) is 0.455. The molecule has 0 saturated carbocycles. The minimum atomic E-state index is -0.541. The van der Waals surface area contributed by atoms with Gasteiger partial charge in [-0.3, -0.25) is 4.79 Å². The SMILES string of the molecule is COCCCC(N)C(=O)Nc1ccc(Cl)nc1. The van der Waals surface area contributed by atoms with E-state index in [1.165, 1.54) is 6.20 Å². The van der Waals surface area contributed by atoms with Gasteiger partial charge in [-0.1, -0.05) is 11.6 Å². The molecule has 0 bridgehead atoms. The Kier molecular flexibility index (Phi) is 5.90. The number of pyridine rings is 1. The molecular formula is C11H16ClN3O2. The van der Waals surface area contributed by atoms with Crippen LogP contribution in [0.3, 0.4) is 0 Å². The van der Waals surface area contributed by atoms with E-state index in [0.29, 0.717) is 23.9 Å². The predicted octanol–water partition coefficient (Wildman–Crippen LogP) is 1.43. The normalized spacial score (nSPS) is 12.2. The number of hydrogen-bond donors (Lipinski definition) is 2. The zero-order chi connectivity index (χ0) is 12.7. The summed E-state index contributed by atoms with van der Waals surface area (Å²) in [6.45, 7) is 0.601. The zero-order valence-corrected chi connectivity index (χ0v) is 10.4. The van der Waals surface area contributed by atoms with Gasteiger partial charge in [0.15, 0.2) is 0 Å². The van der Waals surface area contributed by atoms with Gasteiger partial charge in [-0.05, 0) is 25.0 Å². The number of hydrogen-bond acceptors (Lipinski definition) is 4. The molecule has 0 spiro atoms. The van der Waals surface area contributed by atoms with E-state index in [4.69, 9.17) is 22.1 Å². The van der Waals surface area contributed by atoms with Gasteiger partial charge in [0.05, 0.1) is 17.9 Å². The minimum absolute atomic E-state index is 0.231. The van der Waals surface area contributed by atoms with Crippen LogP contribution < -0.4 is 11.1 Å². The van der Waals surface area contributed by atoms with Crippen LogP contribution in [0.5, 0.6) is 0 Å². The molecule has 5 nitrogen and oxygen atoms in total. The molecule has 0 aliphatic heterocycles. The van der Waals surface area contributed by atoms with Crippen molar-refractivity contribution in [2.24, 2.45) is 5.73 Å². The summed E-state index contributed by atoms with van der Waals surface area (Å²) in [5.41, 5.74) is 6.31. The van der Waals surface area contributed by atoms with Crippen LogP contribution in [0.4, 0.5) is 5.69 Å². The van der Waals surface area contributed by atoms with Gasteiger partial charge < -0.3 is 15.8 Å². The molecule has 1 unspecified atom stereocenters. The molecule has 1 atom stereocenters. The number of halogens is 1. The molecule has 0 fully saturated rings. The average molecular weight is 258 g/mol. The number of anilines is 1. The first-order valence-electron chi connectivity index (χ1n) is 5.30. The number of rotatable bonds is 6. The maximum absolute atomic E-state index is 11.7. The van der Waals surface area contributed by atoms with E-state index < -0.39 is 6.04 Å². The molecule has 1 rings (SSSR count). The first kappa shape index (κ1) is 13.9. The molecule has 1 amide bonds. The third-order valence-corrected chi connectivity index (χ3v) is 2.42. The van der Waals surface area contributed by atoms with Crippen molar-refractivity contribution in [2.45, 2.75) is 18.9 Å². The molecule has 17 heavy (non-hydrogen) atoms. The summed E-state index contributed by atoms with van der Waals surface area (Å²) in [6.07, 6.45) is 2.83. The summed E-state index contributed by atoms with van der Waals surface area (Å²) in [4.78, 5) is 15.5. The molecule has 0 radical (unpaired) electrons. The van der Waals surface area contributed by atoms with Crippen LogP contribution in [0, 0.1) is 0 Å². The van der Waals surface area contributed by atoms with Crippen LogP contribution in [-0.4, -0.2) is 30.6 Å². The molecule has 0 aromatic carbocycles. The van der Waals surface area contributed by atoms with Crippen molar-refractivity contribution in [1.29, 1.82) is 0 Å². The van der Waals surface area contributed by atoms with Gasteiger partial charge in [-0.15, -0.1) is 0 Å².